The molecule has 2 rings (SSSR count). The van der Waals surface area contributed by atoms with Crippen LogP contribution >= 0.6 is 0 Å². The fourth-order valence-corrected chi connectivity index (χ4v) is 2.88. The van der Waals surface area contributed by atoms with Gasteiger partial charge >= 0.3 is 0 Å². The van der Waals surface area contributed by atoms with Crippen molar-refractivity contribution >= 4 is 5.91 Å². The number of halogens is 1. The van der Waals surface area contributed by atoms with E-state index in [0.29, 0.717) is 5.56 Å². The van der Waals surface area contributed by atoms with Crippen molar-refractivity contribution in [1.29, 1.82) is 0 Å². The molecule has 0 bridgehead atoms. The molecule has 0 heterocycles. The Morgan fingerprint density at radius 2 is 2.19 bits per heavy atom. The van der Waals surface area contributed by atoms with Gasteiger partial charge in [-0.15, -0.1) is 0 Å². The zero-order valence-electron chi connectivity index (χ0n) is 12.3. The Bertz CT molecular complexity index is 492. The van der Waals surface area contributed by atoms with E-state index < -0.39 is 5.82 Å². The van der Waals surface area contributed by atoms with Crippen LogP contribution in [0.25, 0.3) is 0 Å². The number of hydrogen-bond donors (Lipinski definition) is 2. The second-order valence-electron chi connectivity index (χ2n) is 5.55. The van der Waals surface area contributed by atoms with Gasteiger partial charge in [-0.25, -0.2) is 4.39 Å². The molecule has 0 spiro atoms. The monoisotopic (exact) mass is 295 g/mol. The summed E-state index contributed by atoms with van der Waals surface area (Å²) in [6, 6.07) is 4.56. The van der Waals surface area contributed by atoms with Gasteiger partial charge in [-0.1, -0.05) is 18.9 Å². The average molecular weight is 295 g/mol. The number of carbonyl (C=O) groups excluding carboxylic acids is 1. The molecule has 1 aliphatic rings. The highest BCUT2D eigenvalue weighted by Crippen LogP contribution is 2.24. The van der Waals surface area contributed by atoms with Gasteiger partial charge in [0.05, 0.1) is 13.5 Å². The number of benzene rings is 1. The largest absolute Gasteiger partial charge is 0.494 e. The molecule has 2 atom stereocenters. The van der Waals surface area contributed by atoms with Crippen molar-refractivity contribution in [3.8, 4) is 5.75 Å². The van der Waals surface area contributed by atoms with Gasteiger partial charge < -0.3 is 15.2 Å². The summed E-state index contributed by atoms with van der Waals surface area (Å²) < 4.78 is 18.4. The lowest BCUT2D eigenvalue weighted by molar-refractivity contribution is -0.121. The van der Waals surface area contributed by atoms with Crippen LogP contribution in [-0.4, -0.2) is 30.8 Å². The number of methoxy groups -OCH3 is 1. The molecule has 0 saturated heterocycles. The van der Waals surface area contributed by atoms with E-state index in [1.54, 1.807) is 6.07 Å². The Morgan fingerprint density at radius 1 is 1.43 bits per heavy atom. The summed E-state index contributed by atoms with van der Waals surface area (Å²) in [7, 11) is 1.41. The standard InChI is InChI=1S/C16H22FNO3/c1-21-15-7-6-11(8-13(15)17)9-16(20)18-14-5-3-2-4-12(14)10-19/h6-8,12,14,19H,2-5,9-10H2,1H3,(H,18,20). The predicted octanol–water partition coefficient (Wildman–Crippen LogP) is 2.04. The molecule has 0 aliphatic heterocycles. The maximum Gasteiger partial charge on any atom is 0.224 e. The lowest BCUT2D eigenvalue weighted by Gasteiger charge is -2.30. The fourth-order valence-electron chi connectivity index (χ4n) is 2.88. The van der Waals surface area contributed by atoms with Gasteiger partial charge in [0.1, 0.15) is 0 Å². The number of hydrogen-bond acceptors (Lipinski definition) is 3. The molecule has 5 heteroatoms. The molecule has 0 aromatic heterocycles. The zero-order valence-corrected chi connectivity index (χ0v) is 12.3. The van der Waals surface area contributed by atoms with Crippen LogP contribution < -0.4 is 10.1 Å². The van der Waals surface area contributed by atoms with Crippen molar-refractivity contribution in [3.63, 3.8) is 0 Å². The maximum atomic E-state index is 13.6. The second-order valence-corrected chi connectivity index (χ2v) is 5.55. The number of ether oxygens (including phenoxy) is 1. The van der Waals surface area contributed by atoms with Crippen molar-refractivity contribution in [1.82, 2.24) is 5.32 Å². The Hall–Kier alpha value is -1.62. The molecule has 2 N–H and O–H groups in total. The SMILES string of the molecule is COc1ccc(CC(=O)NC2CCCCC2CO)cc1F. The lowest BCUT2D eigenvalue weighted by Crippen LogP contribution is -2.44. The maximum absolute atomic E-state index is 13.6. The third kappa shape index (κ3) is 4.17. The Balaban J connectivity index is 1.93. The topological polar surface area (TPSA) is 58.6 Å². The molecule has 1 saturated carbocycles. The van der Waals surface area contributed by atoms with Crippen molar-refractivity contribution in [2.75, 3.05) is 13.7 Å². The fraction of sp³-hybridized carbons (Fsp3) is 0.562. The van der Waals surface area contributed by atoms with Crippen LogP contribution in [0.5, 0.6) is 5.75 Å². The Morgan fingerprint density at radius 3 is 2.86 bits per heavy atom. The smallest absolute Gasteiger partial charge is 0.224 e. The van der Waals surface area contributed by atoms with Crippen LogP contribution in [0.4, 0.5) is 4.39 Å². The molecule has 0 radical (unpaired) electrons. The summed E-state index contributed by atoms with van der Waals surface area (Å²) in [6.07, 6.45) is 4.14. The van der Waals surface area contributed by atoms with Gasteiger partial charge in [0.15, 0.2) is 11.6 Å². The number of rotatable bonds is 5. The summed E-state index contributed by atoms with van der Waals surface area (Å²) in [5.74, 6) is -0.291. The minimum Gasteiger partial charge on any atom is -0.494 e. The number of nitrogens with one attached hydrogen (secondary N) is 1. The van der Waals surface area contributed by atoms with E-state index in [9.17, 15) is 14.3 Å². The van der Waals surface area contributed by atoms with E-state index in [4.69, 9.17) is 4.74 Å². The Labute approximate surface area is 124 Å². The lowest BCUT2D eigenvalue weighted by atomic mass is 9.85. The van der Waals surface area contributed by atoms with Crippen LogP contribution in [0.15, 0.2) is 18.2 Å². The van der Waals surface area contributed by atoms with Crippen LogP contribution in [0.2, 0.25) is 0 Å². The zero-order chi connectivity index (χ0) is 15.2. The number of aliphatic hydroxyl groups excluding tert-OH is 1. The molecule has 2 unspecified atom stereocenters. The quantitative estimate of drug-likeness (QED) is 0.874. The summed E-state index contributed by atoms with van der Waals surface area (Å²) >= 11 is 0. The van der Waals surface area contributed by atoms with Gasteiger partial charge in [-0.2, -0.15) is 0 Å². The summed E-state index contributed by atoms with van der Waals surface area (Å²) in [5.41, 5.74) is 0.613. The molecule has 4 nitrogen and oxygen atoms in total. The minimum atomic E-state index is -0.464. The highest BCUT2D eigenvalue weighted by molar-refractivity contribution is 5.79. The molecule has 116 valence electrons. The summed E-state index contributed by atoms with van der Waals surface area (Å²) in [6.45, 7) is 0.0993. The molecule has 1 fully saturated rings. The van der Waals surface area contributed by atoms with Gasteiger partial charge in [-0.3, -0.25) is 4.79 Å². The van der Waals surface area contributed by atoms with Crippen molar-refractivity contribution < 1.29 is 19.0 Å². The second kappa shape index (κ2) is 7.41. The van der Waals surface area contributed by atoms with Crippen molar-refractivity contribution in [2.24, 2.45) is 5.92 Å². The molecule has 1 aromatic carbocycles. The summed E-state index contributed by atoms with van der Waals surface area (Å²) in [5, 5.41) is 12.3. The third-order valence-corrected chi connectivity index (χ3v) is 4.07. The molecular formula is C16H22FNO3. The first kappa shape index (κ1) is 15.8. The normalized spacial score (nSPS) is 21.9. The number of aliphatic hydroxyl groups is 1. The van der Waals surface area contributed by atoms with Gasteiger partial charge in [0.25, 0.3) is 0 Å². The average Bonchev–Trinajstić information content (AvgIpc) is 2.48. The number of carbonyl (C=O) groups is 1. The van der Waals surface area contributed by atoms with E-state index in [1.807, 2.05) is 0 Å². The van der Waals surface area contributed by atoms with E-state index in [2.05, 4.69) is 5.32 Å². The predicted molar refractivity (Wildman–Crippen MR) is 77.6 cm³/mol. The molecule has 21 heavy (non-hydrogen) atoms. The van der Waals surface area contributed by atoms with Gasteiger partial charge in [-0.05, 0) is 30.5 Å². The van der Waals surface area contributed by atoms with Gasteiger partial charge in [0.2, 0.25) is 5.91 Å². The molecule has 1 amide bonds. The first-order chi connectivity index (χ1) is 10.1. The minimum absolute atomic E-state index is 0.0272. The third-order valence-electron chi connectivity index (χ3n) is 4.07. The van der Waals surface area contributed by atoms with E-state index in [1.165, 1.54) is 19.2 Å². The van der Waals surface area contributed by atoms with Crippen LogP contribution in [-0.2, 0) is 11.2 Å². The highest BCUT2D eigenvalue weighted by atomic mass is 19.1. The molecular weight excluding hydrogens is 273 g/mol. The van der Waals surface area contributed by atoms with E-state index in [-0.39, 0.29) is 36.6 Å². The molecule has 1 aromatic rings. The van der Waals surface area contributed by atoms with Gasteiger partial charge in [0, 0.05) is 18.6 Å². The first-order valence-electron chi connectivity index (χ1n) is 7.36. The van der Waals surface area contributed by atoms with Crippen LogP contribution in [0, 0.1) is 11.7 Å². The van der Waals surface area contributed by atoms with Crippen molar-refractivity contribution in [2.45, 2.75) is 38.1 Å². The number of amides is 1. The van der Waals surface area contributed by atoms with E-state index in [0.717, 1.165) is 25.7 Å². The van der Waals surface area contributed by atoms with Crippen LogP contribution in [0.3, 0.4) is 0 Å². The van der Waals surface area contributed by atoms with Crippen LogP contribution in [0.1, 0.15) is 31.2 Å². The highest BCUT2D eigenvalue weighted by Gasteiger charge is 2.25. The van der Waals surface area contributed by atoms with Crippen molar-refractivity contribution in [3.05, 3.63) is 29.6 Å². The Kier molecular flexibility index (Phi) is 5.56. The summed E-state index contributed by atoms with van der Waals surface area (Å²) in [4.78, 5) is 12.1. The first-order valence-corrected chi connectivity index (χ1v) is 7.36. The van der Waals surface area contributed by atoms with E-state index >= 15 is 0 Å². The molecule has 1 aliphatic carbocycles.